The molecule has 1 N–H and O–H groups in total. The Bertz CT molecular complexity index is 529. The Kier molecular flexibility index (Phi) is 2.04. The molecule has 0 fully saturated rings. The summed E-state index contributed by atoms with van der Waals surface area (Å²) >= 11 is 0. The largest absolute Gasteiger partial charge is 0.277 e. The molecule has 0 aliphatic carbocycles. The first-order chi connectivity index (χ1) is 6.86. The zero-order valence-corrected chi connectivity index (χ0v) is 7.78. The summed E-state index contributed by atoms with van der Waals surface area (Å²) < 4.78 is 0. The van der Waals surface area contributed by atoms with Crippen LogP contribution in [0.25, 0.3) is 16.5 Å². The standard InChI is InChI=1S/C11H9N3/c1-2-8(6-12)10-5-3-4-9-7-13-14-11(9)10/h2-5,7H,1H3,(H,13,14)/b8-2-. The molecule has 0 aliphatic heterocycles. The second-order valence-corrected chi connectivity index (χ2v) is 2.95. The summed E-state index contributed by atoms with van der Waals surface area (Å²) in [4.78, 5) is 0. The number of nitrogens with one attached hydrogen (secondary N) is 1. The number of benzene rings is 1. The van der Waals surface area contributed by atoms with E-state index in [2.05, 4.69) is 16.3 Å². The van der Waals surface area contributed by atoms with Crippen molar-refractivity contribution in [1.29, 1.82) is 5.26 Å². The molecule has 0 amide bonds. The lowest BCUT2D eigenvalue weighted by Crippen LogP contribution is -1.83. The lowest BCUT2D eigenvalue weighted by atomic mass is 10.0. The van der Waals surface area contributed by atoms with Gasteiger partial charge in [0.2, 0.25) is 0 Å². The molecule has 0 radical (unpaired) electrons. The van der Waals surface area contributed by atoms with Crippen molar-refractivity contribution in [3.05, 3.63) is 36.0 Å². The van der Waals surface area contributed by atoms with Crippen molar-refractivity contribution in [3.63, 3.8) is 0 Å². The first-order valence-electron chi connectivity index (χ1n) is 4.35. The van der Waals surface area contributed by atoms with Crippen LogP contribution in [-0.2, 0) is 0 Å². The zero-order valence-electron chi connectivity index (χ0n) is 7.78. The Balaban J connectivity index is 2.75. The van der Waals surface area contributed by atoms with Gasteiger partial charge in [-0.25, -0.2) is 0 Å². The number of allylic oxidation sites excluding steroid dienone is 2. The third-order valence-corrected chi connectivity index (χ3v) is 2.18. The molecular formula is C11H9N3. The minimum atomic E-state index is 0.667. The second kappa shape index (κ2) is 3.35. The van der Waals surface area contributed by atoms with Crippen LogP contribution in [0.4, 0.5) is 0 Å². The summed E-state index contributed by atoms with van der Waals surface area (Å²) in [6, 6.07) is 7.97. The fraction of sp³-hybridized carbons (Fsp3) is 0.0909. The Hall–Kier alpha value is -2.08. The molecule has 1 aromatic carbocycles. The fourth-order valence-corrected chi connectivity index (χ4v) is 1.47. The maximum absolute atomic E-state index is 8.92. The number of hydrogen-bond donors (Lipinski definition) is 1. The van der Waals surface area contributed by atoms with Gasteiger partial charge in [-0.15, -0.1) is 0 Å². The van der Waals surface area contributed by atoms with Crippen molar-refractivity contribution in [2.75, 3.05) is 0 Å². The lowest BCUT2D eigenvalue weighted by Gasteiger charge is -1.99. The highest BCUT2D eigenvalue weighted by Crippen LogP contribution is 2.22. The predicted octanol–water partition coefficient (Wildman–Crippen LogP) is 2.49. The minimum absolute atomic E-state index is 0.667. The number of H-pyrrole nitrogens is 1. The van der Waals surface area contributed by atoms with Gasteiger partial charge in [-0.1, -0.05) is 24.3 Å². The SMILES string of the molecule is C/C=C(/C#N)c1cccc2cn[nH]c12. The summed E-state index contributed by atoms with van der Waals surface area (Å²) in [5.74, 6) is 0. The number of fused-ring (bicyclic) bond motifs is 1. The van der Waals surface area contributed by atoms with Gasteiger partial charge in [-0.2, -0.15) is 10.4 Å². The van der Waals surface area contributed by atoms with Gasteiger partial charge >= 0.3 is 0 Å². The van der Waals surface area contributed by atoms with Crippen molar-refractivity contribution in [1.82, 2.24) is 10.2 Å². The molecule has 3 nitrogen and oxygen atoms in total. The topological polar surface area (TPSA) is 52.5 Å². The molecule has 3 heteroatoms. The van der Waals surface area contributed by atoms with E-state index in [4.69, 9.17) is 5.26 Å². The van der Waals surface area contributed by atoms with Crippen LogP contribution >= 0.6 is 0 Å². The maximum Gasteiger partial charge on any atom is 0.0995 e. The zero-order chi connectivity index (χ0) is 9.97. The van der Waals surface area contributed by atoms with E-state index in [1.54, 1.807) is 12.3 Å². The van der Waals surface area contributed by atoms with E-state index < -0.39 is 0 Å². The highest BCUT2D eigenvalue weighted by molar-refractivity contribution is 5.94. The summed E-state index contributed by atoms with van der Waals surface area (Å²) in [5, 5.41) is 16.8. The monoisotopic (exact) mass is 183 g/mol. The van der Waals surface area contributed by atoms with E-state index in [9.17, 15) is 0 Å². The maximum atomic E-state index is 8.92. The van der Waals surface area contributed by atoms with Crippen LogP contribution in [0.1, 0.15) is 12.5 Å². The Morgan fingerprint density at radius 3 is 3.14 bits per heavy atom. The molecule has 0 bridgehead atoms. The van der Waals surface area contributed by atoms with Crippen molar-refractivity contribution in [2.24, 2.45) is 0 Å². The van der Waals surface area contributed by atoms with E-state index in [-0.39, 0.29) is 0 Å². The van der Waals surface area contributed by atoms with Crippen LogP contribution in [0.15, 0.2) is 30.5 Å². The highest BCUT2D eigenvalue weighted by Gasteiger charge is 2.05. The number of para-hydroxylation sites is 1. The third kappa shape index (κ3) is 1.17. The second-order valence-electron chi connectivity index (χ2n) is 2.95. The molecule has 14 heavy (non-hydrogen) atoms. The average molecular weight is 183 g/mol. The number of aromatic nitrogens is 2. The van der Waals surface area contributed by atoms with Crippen molar-refractivity contribution >= 4 is 16.5 Å². The Morgan fingerprint density at radius 1 is 1.57 bits per heavy atom. The molecule has 2 aromatic rings. The van der Waals surface area contributed by atoms with Gasteiger partial charge in [0, 0.05) is 10.9 Å². The number of nitriles is 1. The van der Waals surface area contributed by atoms with E-state index in [1.165, 1.54) is 0 Å². The van der Waals surface area contributed by atoms with E-state index >= 15 is 0 Å². The molecule has 0 spiro atoms. The van der Waals surface area contributed by atoms with Gasteiger partial charge < -0.3 is 0 Å². The minimum Gasteiger partial charge on any atom is -0.277 e. The van der Waals surface area contributed by atoms with Crippen LogP contribution in [0.5, 0.6) is 0 Å². The normalized spacial score (nSPS) is 11.6. The molecular weight excluding hydrogens is 174 g/mol. The molecule has 1 heterocycles. The predicted molar refractivity (Wildman–Crippen MR) is 55.4 cm³/mol. The quantitative estimate of drug-likeness (QED) is 0.690. The highest BCUT2D eigenvalue weighted by atomic mass is 15.1. The third-order valence-electron chi connectivity index (χ3n) is 2.18. The molecule has 1 aromatic heterocycles. The number of rotatable bonds is 1. The van der Waals surface area contributed by atoms with Crippen molar-refractivity contribution < 1.29 is 0 Å². The Morgan fingerprint density at radius 2 is 2.43 bits per heavy atom. The van der Waals surface area contributed by atoms with Crippen molar-refractivity contribution in [2.45, 2.75) is 6.92 Å². The lowest BCUT2D eigenvalue weighted by molar-refractivity contribution is 1.12. The van der Waals surface area contributed by atoms with Gasteiger partial charge in [-0.05, 0) is 6.92 Å². The fourth-order valence-electron chi connectivity index (χ4n) is 1.47. The van der Waals surface area contributed by atoms with E-state index in [1.807, 2.05) is 25.1 Å². The van der Waals surface area contributed by atoms with Gasteiger partial charge in [0.05, 0.1) is 23.4 Å². The Labute approximate surface area is 81.7 Å². The van der Waals surface area contributed by atoms with Crippen LogP contribution in [0.3, 0.4) is 0 Å². The summed E-state index contributed by atoms with van der Waals surface area (Å²) in [6.07, 6.45) is 3.55. The van der Waals surface area contributed by atoms with E-state index in [0.29, 0.717) is 5.57 Å². The molecule has 0 aliphatic rings. The molecule has 2 rings (SSSR count). The average Bonchev–Trinajstić information content (AvgIpc) is 2.68. The number of aromatic amines is 1. The smallest absolute Gasteiger partial charge is 0.0995 e. The summed E-state index contributed by atoms with van der Waals surface area (Å²) in [7, 11) is 0. The van der Waals surface area contributed by atoms with Crippen molar-refractivity contribution in [3.8, 4) is 6.07 Å². The number of hydrogen-bond acceptors (Lipinski definition) is 2. The molecule has 0 unspecified atom stereocenters. The van der Waals surface area contributed by atoms with Crippen LogP contribution in [0, 0.1) is 11.3 Å². The summed E-state index contributed by atoms with van der Waals surface area (Å²) in [6.45, 7) is 1.85. The first-order valence-corrected chi connectivity index (χ1v) is 4.35. The number of nitrogens with zero attached hydrogens (tertiary/aromatic N) is 2. The van der Waals surface area contributed by atoms with Crippen LogP contribution < -0.4 is 0 Å². The van der Waals surface area contributed by atoms with Crippen LogP contribution in [0.2, 0.25) is 0 Å². The molecule has 0 saturated heterocycles. The summed E-state index contributed by atoms with van der Waals surface area (Å²) in [5.41, 5.74) is 2.49. The van der Waals surface area contributed by atoms with Gasteiger partial charge in [0.1, 0.15) is 0 Å². The molecule has 68 valence electrons. The van der Waals surface area contributed by atoms with E-state index in [0.717, 1.165) is 16.5 Å². The van der Waals surface area contributed by atoms with Crippen LogP contribution in [-0.4, -0.2) is 10.2 Å². The van der Waals surface area contributed by atoms with Gasteiger partial charge in [0.15, 0.2) is 0 Å². The molecule has 0 atom stereocenters. The molecule has 0 saturated carbocycles. The van der Waals surface area contributed by atoms with Gasteiger partial charge in [-0.3, -0.25) is 5.10 Å². The van der Waals surface area contributed by atoms with Gasteiger partial charge in [0.25, 0.3) is 0 Å². The first kappa shape index (κ1) is 8.52.